The van der Waals surface area contributed by atoms with Crippen LogP contribution in [0.1, 0.15) is 16.8 Å². The van der Waals surface area contributed by atoms with Crippen LogP contribution in [0.5, 0.6) is 0 Å². The average Bonchev–Trinajstić information content (AvgIpc) is 2.94. The van der Waals surface area contributed by atoms with Crippen LogP contribution in [-0.2, 0) is 0 Å². The highest BCUT2D eigenvalue weighted by Crippen LogP contribution is 2.72. The Labute approximate surface area is 124 Å². The van der Waals surface area contributed by atoms with Crippen LogP contribution in [0, 0.1) is 10.8 Å². The molecule has 21 heavy (non-hydrogen) atoms. The molecule has 1 heterocycles. The van der Waals surface area contributed by atoms with Crippen LogP contribution < -0.4 is 10.6 Å². The fourth-order valence-electron chi connectivity index (χ4n) is 3.32. The van der Waals surface area contributed by atoms with Crippen LogP contribution in [0.25, 0.3) is 0 Å². The van der Waals surface area contributed by atoms with E-state index in [9.17, 15) is 18.0 Å². The van der Waals surface area contributed by atoms with Gasteiger partial charge in [-0.15, -0.1) is 0 Å². The summed E-state index contributed by atoms with van der Waals surface area (Å²) in [6.45, 7) is 0.206. The van der Waals surface area contributed by atoms with Crippen molar-refractivity contribution in [3.05, 3.63) is 34.9 Å². The van der Waals surface area contributed by atoms with Gasteiger partial charge in [-0.1, -0.05) is 23.7 Å². The standard InChI is InChI=1S/C14H14ClF3N2O/c15-10-4-2-1-3-9(10)11(21)20-7-12-5-13(12,8-19-6-12)14(16,17)18/h1-4,19H,5-8H2,(H,20,21)/t12-,13-/m0/s1. The molecule has 0 bridgehead atoms. The van der Waals surface area contributed by atoms with E-state index in [2.05, 4.69) is 10.6 Å². The van der Waals surface area contributed by atoms with Gasteiger partial charge in [0.25, 0.3) is 5.91 Å². The molecule has 0 unspecified atom stereocenters. The second-order valence-corrected chi connectivity index (χ2v) is 6.21. The third-order valence-electron chi connectivity index (χ3n) is 4.67. The molecule has 1 aromatic carbocycles. The topological polar surface area (TPSA) is 41.1 Å². The molecule has 0 aromatic heterocycles. The Morgan fingerprint density at radius 1 is 1.33 bits per heavy atom. The van der Waals surface area contributed by atoms with Crippen molar-refractivity contribution in [3.63, 3.8) is 0 Å². The molecule has 114 valence electrons. The van der Waals surface area contributed by atoms with E-state index in [0.29, 0.717) is 0 Å². The Hall–Kier alpha value is -1.27. The number of benzene rings is 1. The number of nitrogens with one attached hydrogen (secondary N) is 2. The van der Waals surface area contributed by atoms with Crippen molar-refractivity contribution in [1.82, 2.24) is 10.6 Å². The zero-order chi connectivity index (χ0) is 15.3. The van der Waals surface area contributed by atoms with Crippen molar-refractivity contribution in [2.24, 2.45) is 10.8 Å². The molecule has 2 atom stereocenters. The molecular weight excluding hydrogens is 305 g/mol. The van der Waals surface area contributed by atoms with Gasteiger partial charge in [-0.3, -0.25) is 4.79 Å². The van der Waals surface area contributed by atoms with Crippen LogP contribution in [0.4, 0.5) is 13.2 Å². The summed E-state index contributed by atoms with van der Waals surface area (Å²) in [5, 5.41) is 5.67. The molecule has 7 heteroatoms. The second kappa shape index (κ2) is 4.61. The van der Waals surface area contributed by atoms with Gasteiger partial charge in [0.05, 0.1) is 16.0 Å². The molecule has 1 saturated carbocycles. The Balaban J connectivity index is 1.70. The summed E-state index contributed by atoms with van der Waals surface area (Å²) in [5.74, 6) is -0.440. The summed E-state index contributed by atoms with van der Waals surface area (Å²) < 4.78 is 39.5. The molecule has 3 nitrogen and oxygen atoms in total. The van der Waals surface area contributed by atoms with E-state index in [4.69, 9.17) is 11.6 Å². The zero-order valence-corrected chi connectivity index (χ0v) is 11.8. The number of fused-ring (bicyclic) bond motifs is 1. The normalized spacial score (nSPS) is 30.9. The van der Waals surface area contributed by atoms with Gasteiger partial charge in [0, 0.05) is 25.0 Å². The molecule has 1 aliphatic carbocycles. The lowest BCUT2D eigenvalue weighted by atomic mass is 9.95. The number of rotatable bonds is 3. The number of halogens is 4. The predicted octanol–water partition coefficient (Wildman–Crippen LogP) is 2.61. The van der Waals surface area contributed by atoms with E-state index < -0.39 is 22.9 Å². The lowest BCUT2D eigenvalue weighted by molar-refractivity contribution is -0.190. The van der Waals surface area contributed by atoms with Crippen molar-refractivity contribution >= 4 is 17.5 Å². The molecule has 2 fully saturated rings. The van der Waals surface area contributed by atoms with Crippen LogP contribution in [0.3, 0.4) is 0 Å². The number of piperidine rings is 1. The second-order valence-electron chi connectivity index (χ2n) is 5.80. The Morgan fingerprint density at radius 3 is 2.67 bits per heavy atom. The molecule has 2 aliphatic rings. The van der Waals surface area contributed by atoms with Gasteiger partial charge in [0.2, 0.25) is 0 Å². The minimum absolute atomic E-state index is 0.00354. The highest BCUT2D eigenvalue weighted by molar-refractivity contribution is 6.33. The van der Waals surface area contributed by atoms with Gasteiger partial charge < -0.3 is 10.6 Å². The van der Waals surface area contributed by atoms with Gasteiger partial charge in [-0.25, -0.2) is 0 Å². The van der Waals surface area contributed by atoms with Gasteiger partial charge in [0.1, 0.15) is 0 Å². The van der Waals surface area contributed by atoms with E-state index in [0.717, 1.165) is 0 Å². The summed E-state index contributed by atoms with van der Waals surface area (Å²) in [4.78, 5) is 12.0. The lowest BCUT2D eigenvalue weighted by Crippen LogP contribution is -2.37. The van der Waals surface area contributed by atoms with Gasteiger partial charge >= 0.3 is 6.18 Å². The molecular formula is C14H14ClF3N2O. The van der Waals surface area contributed by atoms with E-state index in [1.165, 1.54) is 0 Å². The van der Waals surface area contributed by atoms with E-state index in [1.54, 1.807) is 24.3 Å². The van der Waals surface area contributed by atoms with Crippen molar-refractivity contribution in [3.8, 4) is 0 Å². The van der Waals surface area contributed by atoms with Crippen LogP contribution in [-0.4, -0.2) is 31.7 Å². The summed E-state index contributed by atoms with van der Waals surface area (Å²) >= 11 is 5.91. The first kappa shape index (κ1) is 14.7. The summed E-state index contributed by atoms with van der Waals surface area (Å²) in [5.41, 5.74) is -2.32. The number of hydrogen-bond acceptors (Lipinski definition) is 2. The first-order valence-electron chi connectivity index (χ1n) is 6.62. The van der Waals surface area contributed by atoms with Crippen molar-refractivity contribution in [2.45, 2.75) is 12.6 Å². The van der Waals surface area contributed by atoms with Gasteiger partial charge in [0.15, 0.2) is 0 Å². The summed E-state index contributed by atoms with van der Waals surface area (Å²) in [6.07, 6.45) is -4.18. The lowest BCUT2D eigenvalue weighted by Gasteiger charge is -2.21. The Kier molecular flexibility index (Phi) is 3.22. The third-order valence-corrected chi connectivity index (χ3v) is 5.00. The molecule has 1 amide bonds. The van der Waals surface area contributed by atoms with Crippen molar-refractivity contribution in [2.75, 3.05) is 19.6 Å². The molecule has 2 N–H and O–H groups in total. The van der Waals surface area contributed by atoms with Gasteiger partial charge in [-0.05, 0) is 18.6 Å². The molecule has 0 spiro atoms. The highest BCUT2D eigenvalue weighted by atomic mass is 35.5. The maximum absolute atomic E-state index is 13.2. The summed E-state index contributed by atoms with van der Waals surface area (Å²) in [6, 6.07) is 6.47. The van der Waals surface area contributed by atoms with E-state index in [1.807, 2.05) is 0 Å². The number of hydrogen-bond donors (Lipinski definition) is 2. The maximum Gasteiger partial charge on any atom is 0.396 e. The first-order valence-corrected chi connectivity index (χ1v) is 6.99. The fraction of sp³-hybridized carbons (Fsp3) is 0.500. The summed E-state index contributed by atoms with van der Waals surface area (Å²) in [7, 11) is 0. The fourth-order valence-corrected chi connectivity index (χ4v) is 3.54. The van der Waals surface area contributed by atoms with Gasteiger partial charge in [-0.2, -0.15) is 13.2 Å². The quantitative estimate of drug-likeness (QED) is 0.899. The molecule has 1 saturated heterocycles. The maximum atomic E-state index is 13.2. The van der Waals surface area contributed by atoms with Crippen LogP contribution >= 0.6 is 11.6 Å². The average molecular weight is 319 g/mol. The van der Waals surface area contributed by atoms with Crippen molar-refractivity contribution < 1.29 is 18.0 Å². The number of alkyl halides is 3. The van der Waals surface area contributed by atoms with Crippen molar-refractivity contribution in [1.29, 1.82) is 0 Å². The van der Waals surface area contributed by atoms with Crippen LogP contribution in [0.2, 0.25) is 5.02 Å². The first-order chi connectivity index (χ1) is 9.81. The zero-order valence-electron chi connectivity index (χ0n) is 11.1. The Morgan fingerprint density at radius 2 is 2.05 bits per heavy atom. The SMILES string of the molecule is O=C(NC[C@]12CNC[C@@]1(C(F)(F)F)C2)c1ccccc1Cl. The van der Waals surface area contributed by atoms with Crippen LogP contribution in [0.15, 0.2) is 24.3 Å². The molecule has 0 radical (unpaired) electrons. The smallest absolute Gasteiger partial charge is 0.351 e. The van der Waals surface area contributed by atoms with E-state index in [-0.39, 0.29) is 36.6 Å². The predicted molar refractivity (Wildman–Crippen MR) is 72.2 cm³/mol. The van der Waals surface area contributed by atoms with E-state index >= 15 is 0 Å². The third kappa shape index (κ3) is 2.12. The number of amides is 1. The molecule has 3 rings (SSSR count). The minimum Gasteiger partial charge on any atom is -0.351 e. The minimum atomic E-state index is -4.24. The number of carbonyl (C=O) groups excluding carboxylic acids is 1. The monoisotopic (exact) mass is 318 g/mol. The number of carbonyl (C=O) groups is 1. The molecule has 1 aliphatic heterocycles. The highest BCUT2D eigenvalue weighted by Gasteiger charge is 2.81. The Bertz CT molecular complexity index is 592. The largest absolute Gasteiger partial charge is 0.396 e. The molecule has 1 aromatic rings.